The van der Waals surface area contributed by atoms with Crippen molar-refractivity contribution in [2.75, 3.05) is 30.8 Å². The quantitative estimate of drug-likeness (QED) is 0.738. The number of nitrogens with one attached hydrogen (secondary N) is 2. The molecule has 0 saturated heterocycles. The van der Waals surface area contributed by atoms with Gasteiger partial charge in [0.15, 0.2) is 5.78 Å². The van der Waals surface area contributed by atoms with Crippen molar-refractivity contribution in [2.24, 2.45) is 0 Å². The largest absolute Gasteiger partial charge is 0.376 e. The molecule has 6 heteroatoms. The molecule has 0 heterocycles. The highest BCUT2D eigenvalue weighted by atomic mass is 16.2. The Labute approximate surface area is 159 Å². The molecule has 0 fully saturated rings. The van der Waals surface area contributed by atoms with Gasteiger partial charge in [-0.3, -0.25) is 14.4 Å². The molecule has 6 nitrogen and oxygen atoms in total. The minimum atomic E-state index is -0.252. The second-order valence-corrected chi connectivity index (χ2v) is 6.61. The Balaban J connectivity index is 1.87. The molecule has 2 aromatic rings. The van der Waals surface area contributed by atoms with E-state index in [0.29, 0.717) is 11.3 Å². The summed E-state index contributed by atoms with van der Waals surface area (Å²) in [6.07, 6.45) is 0. The molecule has 0 saturated carbocycles. The molecule has 0 atom stereocenters. The number of hydrogen-bond acceptors (Lipinski definition) is 4. The lowest BCUT2D eigenvalue weighted by Gasteiger charge is -2.18. The van der Waals surface area contributed by atoms with Crippen LogP contribution in [0.4, 0.5) is 11.4 Å². The minimum Gasteiger partial charge on any atom is -0.376 e. The van der Waals surface area contributed by atoms with Crippen LogP contribution in [0.15, 0.2) is 42.5 Å². The fourth-order valence-corrected chi connectivity index (χ4v) is 2.52. The third-order valence-electron chi connectivity index (χ3n) is 4.19. The number of likely N-dealkylation sites (N-methyl/N-ethyl adjacent to an activating group) is 1. The SMILES string of the molecule is CC(=O)c1cccc(NCC(=O)N(C)CC(=O)Nc2cc(C)ccc2C)c1. The van der Waals surface area contributed by atoms with Gasteiger partial charge in [-0.1, -0.05) is 24.3 Å². The van der Waals surface area contributed by atoms with Crippen LogP contribution in [-0.2, 0) is 9.59 Å². The smallest absolute Gasteiger partial charge is 0.243 e. The molecule has 142 valence electrons. The Hall–Kier alpha value is -3.15. The number of carbonyl (C=O) groups excluding carboxylic acids is 3. The van der Waals surface area contributed by atoms with Gasteiger partial charge in [0, 0.05) is 24.0 Å². The van der Waals surface area contributed by atoms with Crippen molar-refractivity contribution in [2.45, 2.75) is 20.8 Å². The normalized spacial score (nSPS) is 10.2. The number of nitrogens with zero attached hydrogens (tertiary/aromatic N) is 1. The summed E-state index contributed by atoms with van der Waals surface area (Å²) >= 11 is 0. The Morgan fingerprint density at radius 2 is 1.78 bits per heavy atom. The summed E-state index contributed by atoms with van der Waals surface area (Å²) in [5.74, 6) is -0.511. The molecular weight excluding hydrogens is 342 g/mol. The summed E-state index contributed by atoms with van der Waals surface area (Å²) in [6, 6.07) is 12.8. The van der Waals surface area contributed by atoms with E-state index >= 15 is 0 Å². The molecule has 0 spiro atoms. The topological polar surface area (TPSA) is 78.5 Å². The number of anilines is 2. The summed E-state index contributed by atoms with van der Waals surface area (Å²) in [4.78, 5) is 37.3. The molecule has 0 bridgehead atoms. The number of benzene rings is 2. The lowest BCUT2D eigenvalue weighted by atomic mass is 10.1. The maximum absolute atomic E-state index is 12.3. The summed E-state index contributed by atoms with van der Waals surface area (Å²) < 4.78 is 0. The van der Waals surface area contributed by atoms with Crippen LogP contribution in [0.5, 0.6) is 0 Å². The van der Waals surface area contributed by atoms with Crippen molar-refractivity contribution in [1.82, 2.24) is 4.90 Å². The van der Waals surface area contributed by atoms with Crippen LogP contribution < -0.4 is 10.6 Å². The molecule has 2 aromatic carbocycles. The molecule has 27 heavy (non-hydrogen) atoms. The summed E-state index contributed by atoms with van der Waals surface area (Å²) in [5, 5.41) is 5.82. The van der Waals surface area contributed by atoms with Crippen LogP contribution in [0, 0.1) is 13.8 Å². The highest BCUT2D eigenvalue weighted by molar-refractivity contribution is 5.96. The van der Waals surface area contributed by atoms with Gasteiger partial charge in [0.2, 0.25) is 11.8 Å². The standard InChI is InChI=1S/C21H25N3O3/c1-14-8-9-15(2)19(10-14)23-20(26)13-24(4)21(27)12-22-18-7-5-6-17(11-18)16(3)25/h5-11,22H,12-13H2,1-4H3,(H,23,26). The van der Waals surface area contributed by atoms with Gasteiger partial charge in [-0.2, -0.15) is 0 Å². The lowest BCUT2D eigenvalue weighted by molar-refractivity contribution is -0.131. The van der Waals surface area contributed by atoms with Gasteiger partial charge in [0.1, 0.15) is 0 Å². The van der Waals surface area contributed by atoms with E-state index in [0.717, 1.165) is 16.8 Å². The molecule has 0 aliphatic heterocycles. The number of rotatable bonds is 7. The van der Waals surface area contributed by atoms with Crippen molar-refractivity contribution in [3.05, 3.63) is 59.2 Å². The average molecular weight is 367 g/mol. The van der Waals surface area contributed by atoms with Crippen molar-refractivity contribution in [1.29, 1.82) is 0 Å². The van der Waals surface area contributed by atoms with Crippen LogP contribution in [-0.4, -0.2) is 42.6 Å². The van der Waals surface area contributed by atoms with E-state index in [4.69, 9.17) is 0 Å². The highest BCUT2D eigenvalue weighted by Crippen LogP contribution is 2.16. The van der Waals surface area contributed by atoms with Crippen molar-refractivity contribution < 1.29 is 14.4 Å². The summed E-state index contributed by atoms with van der Waals surface area (Å²) in [6.45, 7) is 5.36. The van der Waals surface area contributed by atoms with Crippen LogP contribution >= 0.6 is 0 Å². The first-order valence-electron chi connectivity index (χ1n) is 8.72. The van der Waals surface area contributed by atoms with E-state index in [9.17, 15) is 14.4 Å². The number of hydrogen-bond donors (Lipinski definition) is 2. The molecule has 0 aliphatic rings. The first-order valence-corrected chi connectivity index (χ1v) is 8.72. The number of Topliss-reactive ketones (excluding diaryl/α,β-unsaturated/α-hetero) is 1. The number of carbonyl (C=O) groups is 3. The highest BCUT2D eigenvalue weighted by Gasteiger charge is 2.14. The van der Waals surface area contributed by atoms with Crippen molar-refractivity contribution in [3.8, 4) is 0 Å². The van der Waals surface area contributed by atoms with Crippen LogP contribution in [0.25, 0.3) is 0 Å². The van der Waals surface area contributed by atoms with Gasteiger partial charge in [-0.25, -0.2) is 0 Å². The van der Waals surface area contributed by atoms with E-state index in [2.05, 4.69) is 10.6 Å². The number of aryl methyl sites for hydroxylation is 2. The maximum Gasteiger partial charge on any atom is 0.243 e. The average Bonchev–Trinajstić information content (AvgIpc) is 2.62. The Morgan fingerprint density at radius 3 is 2.48 bits per heavy atom. The second kappa shape index (κ2) is 8.98. The van der Waals surface area contributed by atoms with E-state index < -0.39 is 0 Å². The van der Waals surface area contributed by atoms with E-state index in [1.54, 1.807) is 31.3 Å². The molecule has 2 rings (SSSR count). The predicted molar refractivity (Wildman–Crippen MR) is 107 cm³/mol. The van der Waals surface area contributed by atoms with Gasteiger partial charge in [-0.05, 0) is 50.1 Å². The first kappa shape index (κ1) is 20.2. The van der Waals surface area contributed by atoms with Gasteiger partial charge in [0.05, 0.1) is 13.1 Å². The number of amides is 2. The van der Waals surface area contributed by atoms with Gasteiger partial charge in [0.25, 0.3) is 0 Å². The molecule has 2 amide bonds. The lowest BCUT2D eigenvalue weighted by Crippen LogP contribution is -2.38. The summed E-state index contributed by atoms with van der Waals surface area (Å²) in [5.41, 5.74) is 4.03. The Kier molecular flexibility index (Phi) is 6.71. The van der Waals surface area contributed by atoms with Gasteiger partial charge >= 0.3 is 0 Å². The zero-order valence-corrected chi connectivity index (χ0v) is 16.1. The summed E-state index contributed by atoms with van der Waals surface area (Å²) in [7, 11) is 1.58. The van der Waals surface area contributed by atoms with E-state index in [1.165, 1.54) is 11.8 Å². The Morgan fingerprint density at radius 1 is 1.04 bits per heavy atom. The van der Waals surface area contributed by atoms with Gasteiger partial charge in [-0.15, -0.1) is 0 Å². The van der Waals surface area contributed by atoms with E-state index in [-0.39, 0.29) is 30.7 Å². The Bertz CT molecular complexity index is 862. The molecule has 2 N–H and O–H groups in total. The van der Waals surface area contributed by atoms with Crippen molar-refractivity contribution >= 4 is 29.0 Å². The minimum absolute atomic E-state index is 0.0363. The molecule has 0 aromatic heterocycles. The molecule has 0 unspecified atom stereocenters. The third-order valence-corrected chi connectivity index (χ3v) is 4.19. The van der Waals surface area contributed by atoms with Crippen molar-refractivity contribution in [3.63, 3.8) is 0 Å². The van der Waals surface area contributed by atoms with Crippen LogP contribution in [0.3, 0.4) is 0 Å². The molecule has 0 aliphatic carbocycles. The fraction of sp³-hybridized carbons (Fsp3) is 0.286. The van der Waals surface area contributed by atoms with Crippen LogP contribution in [0.2, 0.25) is 0 Å². The van der Waals surface area contributed by atoms with Gasteiger partial charge < -0.3 is 15.5 Å². The third kappa shape index (κ3) is 5.95. The van der Waals surface area contributed by atoms with Crippen LogP contribution in [0.1, 0.15) is 28.4 Å². The molecular formula is C21H25N3O3. The zero-order chi connectivity index (χ0) is 20.0. The maximum atomic E-state index is 12.3. The predicted octanol–water partition coefficient (Wildman–Crippen LogP) is 3.02. The first-order chi connectivity index (χ1) is 12.8. The molecule has 0 radical (unpaired) electrons. The second-order valence-electron chi connectivity index (χ2n) is 6.61. The van der Waals surface area contributed by atoms with E-state index in [1.807, 2.05) is 32.0 Å². The zero-order valence-electron chi connectivity index (χ0n) is 16.1. The monoisotopic (exact) mass is 367 g/mol. The number of ketones is 1. The fourth-order valence-electron chi connectivity index (χ4n) is 2.52.